The molecule has 100 valence electrons. The summed E-state index contributed by atoms with van der Waals surface area (Å²) in [7, 11) is 1.54. The molecule has 18 heavy (non-hydrogen) atoms. The fourth-order valence-corrected chi connectivity index (χ4v) is 4.75. The first kappa shape index (κ1) is 13.8. The van der Waals surface area contributed by atoms with E-state index in [1.54, 1.807) is 12.3 Å². The van der Waals surface area contributed by atoms with Gasteiger partial charge in [0.15, 0.2) is 0 Å². The molecule has 1 fully saturated rings. The van der Waals surface area contributed by atoms with Crippen LogP contribution in [0.15, 0.2) is 9.59 Å². The van der Waals surface area contributed by atoms with Gasteiger partial charge in [0.25, 0.3) is 15.0 Å². The van der Waals surface area contributed by atoms with E-state index in [0.29, 0.717) is 11.1 Å². The van der Waals surface area contributed by atoms with Crippen LogP contribution in [0.5, 0.6) is 0 Å². The lowest BCUT2D eigenvalue weighted by Crippen LogP contribution is -2.32. The average Bonchev–Trinajstić information content (AvgIpc) is 2.85. The molecule has 1 aromatic rings. The summed E-state index contributed by atoms with van der Waals surface area (Å²) in [6, 6.07) is 0.216. The zero-order chi connectivity index (χ0) is 13.3. The minimum absolute atomic E-state index is 0.0562. The van der Waals surface area contributed by atoms with Crippen molar-refractivity contribution in [2.45, 2.75) is 42.9 Å². The summed E-state index contributed by atoms with van der Waals surface area (Å²) in [6.45, 7) is 1.61. The van der Waals surface area contributed by atoms with Gasteiger partial charge >= 0.3 is 0 Å². The molecule has 0 bridgehead atoms. The van der Waals surface area contributed by atoms with Crippen molar-refractivity contribution in [1.29, 1.82) is 0 Å². The Kier molecular flexibility index (Phi) is 3.99. The molecule has 0 spiro atoms. The number of hydrogen-bond acceptors (Lipinski definition) is 4. The molecule has 0 aromatic carbocycles. The predicted octanol–water partition coefficient (Wildman–Crippen LogP) is 2.66. The first-order chi connectivity index (χ1) is 8.39. The van der Waals surface area contributed by atoms with E-state index in [4.69, 9.17) is 10.7 Å². The van der Waals surface area contributed by atoms with Crippen LogP contribution in [0.4, 0.5) is 0 Å². The van der Waals surface area contributed by atoms with Crippen molar-refractivity contribution >= 4 is 37.0 Å². The second-order valence-electron chi connectivity index (χ2n) is 4.45. The molecule has 0 unspecified atom stereocenters. The standard InChI is InChI=1S/C11H14ClNO3S2/c1-7-9(6-17-11(7)18(12,15)16)10(14)13-8-4-2-3-5-8/h6,8H,2-5H2,1H3,(H,13,14). The molecule has 1 N–H and O–H groups in total. The van der Waals surface area contributed by atoms with Crippen molar-refractivity contribution in [2.24, 2.45) is 0 Å². The lowest BCUT2D eigenvalue weighted by atomic mass is 10.2. The Balaban J connectivity index is 2.18. The van der Waals surface area contributed by atoms with Gasteiger partial charge in [0, 0.05) is 22.1 Å². The number of amides is 1. The molecule has 0 saturated heterocycles. The maximum Gasteiger partial charge on any atom is 0.271 e. The minimum Gasteiger partial charge on any atom is -0.349 e. The Hall–Kier alpha value is -0.590. The summed E-state index contributed by atoms with van der Waals surface area (Å²) in [4.78, 5) is 12.0. The van der Waals surface area contributed by atoms with Crippen LogP contribution in [0.3, 0.4) is 0 Å². The number of rotatable bonds is 3. The first-order valence-electron chi connectivity index (χ1n) is 5.73. The van der Waals surface area contributed by atoms with Crippen molar-refractivity contribution in [1.82, 2.24) is 5.32 Å². The Morgan fingerprint density at radius 3 is 2.56 bits per heavy atom. The largest absolute Gasteiger partial charge is 0.349 e. The molecular formula is C11H14ClNO3S2. The highest BCUT2D eigenvalue weighted by molar-refractivity contribution is 8.15. The summed E-state index contributed by atoms with van der Waals surface area (Å²) in [6.07, 6.45) is 4.26. The van der Waals surface area contributed by atoms with Crippen molar-refractivity contribution in [3.8, 4) is 0 Å². The second-order valence-corrected chi connectivity index (χ2v) is 8.10. The fraction of sp³-hybridized carbons (Fsp3) is 0.545. The van der Waals surface area contributed by atoms with Crippen molar-refractivity contribution in [2.75, 3.05) is 0 Å². The highest BCUT2D eigenvalue weighted by Gasteiger charge is 2.24. The molecule has 4 nitrogen and oxygen atoms in total. The monoisotopic (exact) mass is 307 g/mol. The van der Waals surface area contributed by atoms with E-state index >= 15 is 0 Å². The van der Waals surface area contributed by atoms with E-state index in [-0.39, 0.29) is 16.2 Å². The van der Waals surface area contributed by atoms with Gasteiger partial charge in [0.1, 0.15) is 4.21 Å². The van der Waals surface area contributed by atoms with Crippen molar-refractivity contribution in [3.63, 3.8) is 0 Å². The minimum atomic E-state index is -3.76. The van der Waals surface area contributed by atoms with Gasteiger partial charge in [-0.25, -0.2) is 8.42 Å². The fourth-order valence-electron chi connectivity index (χ4n) is 2.20. The number of hydrogen-bond donors (Lipinski definition) is 1. The summed E-state index contributed by atoms with van der Waals surface area (Å²) in [5.41, 5.74) is 0.844. The van der Waals surface area contributed by atoms with Crippen LogP contribution >= 0.6 is 22.0 Å². The lowest BCUT2D eigenvalue weighted by Gasteiger charge is -2.11. The average molecular weight is 308 g/mol. The summed E-state index contributed by atoms with van der Waals surface area (Å²) < 4.78 is 22.6. The van der Waals surface area contributed by atoms with E-state index in [1.165, 1.54) is 0 Å². The Morgan fingerprint density at radius 2 is 2.06 bits per heavy atom. The molecular weight excluding hydrogens is 294 g/mol. The molecule has 0 atom stereocenters. The Labute approximate surface area is 115 Å². The van der Waals surface area contributed by atoms with E-state index < -0.39 is 9.05 Å². The lowest BCUT2D eigenvalue weighted by molar-refractivity contribution is 0.0937. The highest BCUT2D eigenvalue weighted by atomic mass is 35.7. The van der Waals surface area contributed by atoms with Gasteiger partial charge in [-0.1, -0.05) is 12.8 Å². The van der Waals surface area contributed by atoms with Gasteiger partial charge in [-0.3, -0.25) is 4.79 Å². The molecule has 1 aliphatic rings. The predicted molar refractivity (Wildman–Crippen MR) is 71.8 cm³/mol. The SMILES string of the molecule is Cc1c(C(=O)NC2CCCC2)csc1S(=O)(=O)Cl. The summed E-state index contributed by atoms with van der Waals surface area (Å²) >= 11 is 0.989. The van der Waals surface area contributed by atoms with E-state index in [0.717, 1.165) is 37.0 Å². The van der Waals surface area contributed by atoms with Gasteiger partial charge in [0.05, 0.1) is 5.56 Å². The molecule has 0 aliphatic heterocycles. The summed E-state index contributed by atoms with van der Waals surface area (Å²) in [5, 5.41) is 4.48. The number of nitrogens with one attached hydrogen (secondary N) is 1. The van der Waals surface area contributed by atoms with Crippen LogP contribution in [-0.2, 0) is 9.05 Å². The van der Waals surface area contributed by atoms with Crippen molar-refractivity contribution < 1.29 is 13.2 Å². The zero-order valence-corrected chi connectivity index (χ0v) is 12.3. The van der Waals surface area contributed by atoms with Gasteiger partial charge in [-0.15, -0.1) is 11.3 Å². The normalized spacial score (nSPS) is 17.0. The second kappa shape index (κ2) is 5.19. The number of carbonyl (C=O) groups is 1. The van der Waals surface area contributed by atoms with Gasteiger partial charge in [-0.05, 0) is 25.3 Å². The van der Waals surface area contributed by atoms with Crippen LogP contribution in [0, 0.1) is 6.92 Å². The number of halogens is 1. The van der Waals surface area contributed by atoms with Crippen LogP contribution in [0.2, 0.25) is 0 Å². The molecule has 7 heteroatoms. The maximum atomic E-state index is 12.0. The molecule has 1 aromatic heterocycles. The third kappa shape index (κ3) is 2.87. The molecule has 0 radical (unpaired) electrons. The number of thiophene rings is 1. The van der Waals surface area contributed by atoms with Gasteiger partial charge in [0.2, 0.25) is 0 Å². The maximum absolute atomic E-state index is 12.0. The van der Waals surface area contributed by atoms with Crippen LogP contribution in [-0.4, -0.2) is 20.4 Å². The topological polar surface area (TPSA) is 63.2 Å². The van der Waals surface area contributed by atoms with Crippen molar-refractivity contribution in [3.05, 3.63) is 16.5 Å². The first-order valence-corrected chi connectivity index (χ1v) is 8.92. The smallest absolute Gasteiger partial charge is 0.271 e. The van der Waals surface area contributed by atoms with Crippen LogP contribution in [0.25, 0.3) is 0 Å². The quantitative estimate of drug-likeness (QED) is 0.873. The van der Waals surface area contributed by atoms with E-state index in [1.807, 2.05) is 0 Å². The molecule has 2 rings (SSSR count). The van der Waals surface area contributed by atoms with Crippen LogP contribution < -0.4 is 5.32 Å². The molecule has 1 heterocycles. The van der Waals surface area contributed by atoms with E-state index in [2.05, 4.69) is 5.32 Å². The Morgan fingerprint density at radius 1 is 1.44 bits per heavy atom. The van der Waals surface area contributed by atoms with Gasteiger partial charge in [-0.2, -0.15) is 0 Å². The van der Waals surface area contributed by atoms with Crippen LogP contribution in [0.1, 0.15) is 41.6 Å². The third-order valence-corrected chi connectivity index (χ3v) is 6.46. The molecule has 1 aliphatic carbocycles. The van der Waals surface area contributed by atoms with E-state index in [9.17, 15) is 13.2 Å². The molecule has 1 saturated carbocycles. The highest BCUT2D eigenvalue weighted by Crippen LogP contribution is 2.29. The van der Waals surface area contributed by atoms with Gasteiger partial charge < -0.3 is 5.32 Å². The zero-order valence-electron chi connectivity index (χ0n) is 9.90. The summed E-state index contributed by atoms with van der Waals surface area (Å²) in [5.74, 6) is -0.206. The third-order valence-electron chi connectivity index (χ3n) is 3.15. The Bertz CT molecular complexity index is 559. The number of carbonyl (C=O) groups excluding carboxylic acids is 1. The molecule has 1 amide bonds.